The first-order valence-corrected chi connectivity index (χ1v) is 9.01. The van der Waals surface area contributed by atoms with E-state index in [0.717, 1.165) is 47.2 Å². The summed E-state index contributed by atoms with van der Waals surface area (Å²) in [5.74, 6) is 0.695. The van der Waals surface area contributed by atoms with E-state index in [1.807, 2.05) is 47.8 Å². The number of H-pyrrole nitrogens is 2. The van der Waals surface area contributed by atoms with Crippen molar-refractivity contribution in [1.29, 1.82) is 0 Å². The van der Waals surface area contributed by atoms with Crippen LogP contribution in [0.4, 0.5) is 0 Å². The topological polar surface area (TPSA) is 64.8 Å². The van der Waals surface area contributed by atoms with Gasteiger partial charge in [0.2, 0.25) is 5.91 Å². The van der Waals surface area contributed by atoms with E-state index < -0.39 is 0 Å². The monoisotopic (exact) mass is 344 g/mol. The highest BCUT2D eigenvalue weighted by Crippen LogP contribution is 2.25. The molecule has 130 valence electrons. The number of hydrogen-bond donors (Lipinski definition) is 2. The summed E-state index contributed by atoms with van der Waals surface area (Å²) in [5, 5.41) is 2.34. The number of nitrogens with zero attached hydrogens (tertiary/aromatic N) is 2. The number of nitrogens with one attached hydrogen (secondary N) is 2. The molecule has 1 fully saturated rings. The van der Waals surface area contributed by atoms with E-state index in [4.69, 9.17) is 0 Å². The molecule has 1 aliphatic rings. The van der Waals surface area contributed by atoms with Crippen LogP contribution in [0.3, 0.4) is 0 Å². The van der Waals surface area contributed by atoms with Gasteiger partial charge in [-0.25, -0.2) is 0 Å². The minimum Gasteiger partial charge on any atom is -0.361 e. The number of amides is 1. The molecule has 4 aromatic rings. The number of aromatic nitrogens is 3. The Bertz CT molecular complexity index is 1090. The largest absolute Gasteiger partial charge is 0.361 e. The van der Waals surface area contributed by atoms with E-state index in [2.05, 4.69) is 27.1 Å². The van der Waals surface area contributed by atoms with E-state index in [-0.39, 0.29) is 5.91 Å². The second-order valence-corrected chi connectivity index (χ2v) is 7.10. The lowest BCUT2D eigenvalue weighted by atomic mass is 9.93. The Morgan fingerprint density at radius 1 is 1.15 bits per heavy atom. The Morgan fingerprint density at radius 2 is 2.04 bits per heavy atom. The van der Waals surface area contributed by atoms with Gasteiger partial charge in [0.05, 0.1) is 17.6 Å². The molecular weight excluding hydrogens is 324 g/mol. The minimum absolute atomic E-state index is 0.206. The quantitative estimate of drug-likeness (QED) is 0.597. The van der Waals surface area contributed by atoms with Gasteiger partial charge < -0.3 is 14.9 Å². The first kappa shape index (κ1) is 15.2. The molecule has 2 N–H and O–H groups in total. The van der Waals surface area contributed by atoms with Crippen molar-refractivity contribution in [3.8, 4) is 0 Å². The molecule has 0 bridgehead atoms. The van der Waals surface area contributed by atoms with Crippen molar-refractivity contribution >= 4 is 27.7 Å². The lowest BCUT2D eigenvalue weighted by Crippen LogP contribution is -2.51. The molecule has 1 amide bonds. The van der Waals surface area contributed by atoms with Gasteiger partial charge in [0.15, 0.2) is 0 Å². The molecule has 1 aliphatic heterocycles. The Kier molecular flexibility index (Phi) is 3.52. The number of hydrogen-bond acceptors (Lipinski definition) is 2. The smallest absolute Gasteiger partial charge is 0.227 e. The third-order valence-electron chi connectivity index (χ3n) is 5.36. The summed E-state index contributed by atoms with van der Waals surface area (Å²) in [6, 6.07) is 12.2. The third kappa shape index (κ3) is 2.56. The van der Waals surface area contributed by atoms with Crippen LogP contribution < -0.4 is 0 Å². The number of para-hydroxylation sites is 1. The Hall–Kier alpha value is -3.08. The molecule has 0 saturated carbocycles. The zero-order valence-electron chi connectivity index (χ0n) is 14.4. The van der Waals surface area contributed by atoms with E-state index >= 15 is 0 Å². The van der Waals surface area contributed by atoms with Crippen LogP contribution in [0.25, 0.3) is 21.8 Å². The van der Waals surface area contributed by atoms with Gasteiger partial charge in [0, 0.05) is 48.0 Å². The molecule has 1 aromatic carbocycles. The van der Waals surface area contributed by atoms with Crippen LogP contribution in [-0.2, 0) is 17.6 Å². The number of carbonyl (C=O) groups excluding carboxylic acids is 1. The molecule has 5 nitrogen and oxygen atoms in total. The standard InChI is InChI=1S/C21H20N4O/c26-20(10-16-11-24-18-4-2-1-3-17(16)18)25-12-14(13-25)9-19-21-15(5-7-22-19)6-8-23-21/h1-8,11,14,23-24H,9-10,12-13H2. The van der Waals surface area contributed by atoms with Gasteiger partial charge in [0.1, 0.15) is 0 Å². The maximum absolute atomic E-state index is 12.6. The average molecular weight is 344 g/mol. The SMILES string of the molecule is O=C(Cc1c[nH]c2ccccc12)N1CC(Cc2nccc3cc[nH]c23)C1. The third-order valence-corrected chi connectivity index (χ3v) is 5.36. The van der Waals surface area contributed by atoms with E-state index in [0.29, 0.717) is 12.3 Å². The van der Waals surface area contributed by atoms with Crippen molar-refractivity contribution in [3.05, 3.63) is 66.2 Å². The number of rotatable bonds is 4. The molecular formula is C21H20N4O. The molecule has 0 atom stereocenters. The second kappa shape index (κ2) is 6.02. The molecule has 4 heterocycles. The number of likely N-dealkylation sites (tertiary alicyclic amines) is 1. The average Bonchev–Trinajstić information content (AvgIpc) is 3.25. The lowest BCUT2D eigenvalue weighted by molar-refractivity contribution is -0.136. The molecule has 0 spiro atoms. The van der Waals surface area contributed by atoms with Crippen LogP contribution in [0.2, 0.25) is 0 Å². The van der Waals surface area contributed by atoms with Crippen LogP contribution in [0, 0.1) is 5.92 Å². The lowest BCUT2D eigenvalue weighted by Gasteiger charge is -2.39. The van der Waals surface area contributed by atoms with Crippen LogP contribution in [0.5, 0.6) is 0 Å². The molecule has 0 aliphatic carbocycles. The van der Waals surface area contributed by atoms with E-state index in [1.54, 1.807) is 0 Å². The molecule has 1 saturated heterocycles. The summed E-state index contributed by atoms with van der Waals surface area (Å²) in [5.41, 5.74) is 4.38. The predicted molar refractivity (Wildman–Crippen MR) is 102 cm³/mol. The molecule has 26 heavy (non-hydrogen) atoms. The highest BCUT2D eigenvalue weighted by atomic mass is 16.2. The van der Waals surface area contributed by atoms with Crippen molar-refractivity contribution in [2.24, 2.45) is 5.92 Å². The number of aromatic amines is 2. The summed E-state index contributed by atoms with van der Waals surface area (Å²) < 4.78 is 0. The summed E-state index contributed by atoms with van der Waals surface area (Å²) in [7, 11) is 0. The van der Waals surface area contributed by atoms with Gasteiger partial charge in [-0.05, 0) is 36.1 Å². The number of carbonyl (C=O) groups is 1. The number of benzene rings is 1. The summed E-state index contributed by atoms with van der Waals surface area (Å²) in [6.45, 7) is 1.64. The van der Waals surface area contributed by atoms with Crippen molar-refractivity contribution < 1.29 is 4.79 Å². The van der Waals surface area contributed by atoms with Gasteiger partial charge in [-0.1, -0.05) is 18.2 Å². The molecule has 3 aromatic heterocycles. The van der Waals surface area contributed by atoms with Crippen molar-refractivity contribution in [1.82, 2.24) is 19.9 Å². The highest BCUT2D eigenvalue weighted by molar-refractivity contribution is 5.89. The second-order valence-electron chi connectivity index (χ2n) is 7.10. The number of pyridine rings is 1. The fourth-order valence-corrected chi connectivity index (χ4v) is 3.93. The Balaban J connectivity index is 1.22. The minimum atomic E-state index is 0.206. The summed E-state index contributed by atoms with van der Waals surface area (Å²) in [6.07, 6.45) is 7.14. The molecule has 0 unspecified atom stereocenters. The summed E-state index contributed by atoms with van der Waals surface area (Å²) >= 11 is 0. The first-order valence-electron chi connectivity index (χ1n) is 9.01. The first-order chi connectivity index (χ1) is 12.8. The van der Waals surface area contributed by atoms with Crippen LogP contribution in [-0.4, -0.2) is 38.8 Å². The van der Waals surface area contributed by atoms with Gasteiger partial charge in [-0.3, -0.25) is 9.78 Å². The molecule has 0 radical (unpaired) electrons. The fourth-order valence-electron chi connectivity index (χ4n) is 3.93. The van der Waals surface area contributed by atoms with E-state index in [1.165, 1.54) is 5.39 Å². The normalized spacial score (nSPS) is 14.8. The van der Waals surface area contributed by atoms with Crippen molar-refractivity contribution in [2.45, 2.75) is 12.8 Å². The van der Waals surface area contributed by atoms with Crippen molar-refractivity contribution in [3.63, 3.8) is 0 Å². The van der Waals surface area contributed by atoms with E-state index in [9.17, 15) is 4.79 Å². The van der Waals surface area contributed by atoms with Gasteiger partial charge in [-0.2, -0.15) is 0 Å². The van der Waals surface area contributed by atoms with Gasteiger partial charge in [-0.15, -0.1) is 0 Å². The Labute approximate surface area is 151 Å². The highest BCUT2D eigenvalue weighted by Gasteiger charge is 2.31. The predicted octanol–water partition coefficient (Wildman–Crippen LogP) is 3.29. The van der Waals surface area contributed by atoms with Gasteiger partial charge >= 0.3 is 0 Å². The zero-order valence-corrected chi connectivity index (χ0v) is 14.4. The maximum Gasteiger partial charge on any atom is 0.227 e. The van der Waals surface area contributed by atoms with Crippen LogP contribution in [0.1, 0.15) is 11.3 Å². The maximum atomic E-state index is 12.6. The Morgan fingerprint density at radius 3 is 2.96 bits per heavy atom. The number of fused-ring (bicyclic) bond motifs is 2. The molecule has 5 heteroatoms. The summed E-state index contributed by atoms with van der Waals surface area (Å²) in [4.78, 5) is 25.6. The van der Waals surface area contributed by atoms with Crippen molar-refractivity contribution in [2.75, 3.05) is 13.1 Å². The molecule has 5 rings (SSSR count). The zero-order chi connectivity index (χ0) is 17.5. The van der Waals surface area contributed by atoms with Crippen LogP contribution in [0.15, 0.2) is 55.0 Å². The van der Waals surface area contributed by atoms with Gasteiger partial charge in [0.25, 0.3) is 0 Å². The van der Waals surface area contributed by atoms with Crippen LogP contribution >= 0.6 is 0 Å². The fraction of sp³-hybridized carbons (Fsp3) is 0.238.